The summed E-state index contributed by atoms with van der Waals surface area (Å²) in [7, 11) is 0. The van der Waals surface area contributed by atoms with Crippen LogP contribution >= 0.6 is 27.7 Å². The molecule has 0 heterocycles. The van der Waals surface area contributed by atoms with Gasteiger partial charge in [-0.2, -0.15) is 0 Å². The first-order valence-corrected chi connectivity index (χ1v) is 6.57. The minimum Gasteiger partial charge on any atom is -0.398 e. The summed E-state index contributed by atoms with van der Waals surface area (Å²) in [4.78, 5) is 2.41. The van der Waals surface area contributed by atoms with E-state index in [1.807, 2.05) is 30.3 Å². The van der Waals surface area contributed by atoms with E-state index in [-0.39, 0.29) is 0 Å². The van der Waals surface area contributed by atoms with Crippen LogP contribution in [0.1, 0.15) is 5.56 Å². The van der Waals surface area contributed by atoms with Gasteiger partial charge in [0, 0.05) is 20.0 Å². The van der Waals surface area contributed by atoms with Gasteiger partial charge in [0.1, 0.15) is 0 Å². The second-order valence-corrected chi connectivity index (χ2v) is 5.44. The van der Waals surface area contributed by atoms with Crippen LogP contribution in [0.3, 0.4) is 0 Å². The number of rotatable bonds is 2. The maximum Gasteiger partial charge on any atom is 0.0355 e. The Morgan fingerprint density at radius 3 is 2.44 bits per heavy atom. The van der Waals surface area contributed by atoms with E-state index in [9.17, 15) is 0 Å². The topological polar surface area (TPSA) is 26.0 Å². The van der Waals surface area contributed by atoms with Crippen molar-refractivity contribution in [2.75, 3.05) is 5.73 Å². The summed E-state index contributed by atoms with van der Waals surface area (Å²) in [5, 5.41) is 0. The molecule has 2 N–H and O–H groups in total. The van der Waals surface area contributed by atoms with Gasteiger partial charge in [0.2, 0.25) is 0 Å². The number of nitrogens with two attached hydrogens (primary N) is 1. The molecule has 3 heteroatoms. The number of hydrogen-bond acceptors (Lipinski definition) is 2. The average Bonchev–Trinajstić information content (AvgIpc) is 2.28. The molecular formula is C13H12BrNS. The van der Waals surface area contributed by atoms with E-state index in [1.54, 1.807) is 11.8 Å². The Balaban J connectivity index is 2.35. The highest BCUT2D eigenvalue weighted by Crippen LogP contribution is 2.36. The van der Waals surface area contributed by atoms with Crippen molar-refractivity contribution in [2.45, 2.75) is 16.7 Å². The normalized spacial score (nSPS) is 10.4. The molecule has 0 aliphatic rings. The number of halogens is 1. The highest BCUT2D eigenvalue weighted by molar-refractivity contribution is 9.10. The van der Waals surface area contributed by atoms with Crippen LogP contribution in [0.25, 0.3) is 0 Å². The van der Waals surface area contributed by atoms with Gasteiger partial charge in [-0.3, -0.25) is 0 Å². The monoisotopic (exact) mass is 293 g/mol. The molecule has 0 bridgehead atoms. The highest BCUT2D eigenvalue weighted by atomic mass is 79.9. The predicted molar refractivity (Wildman–Crippen MR) is 73.9 cm³/mol. The lowest BCUT2D eigenvalue weighted by atomic mass is 10.2. The van der Waals surface area contributed by atoms with Crippen molar-refractivity contribution in [2.24, 2.45) is 0 Å². The zero-order valence-corrected chi connectivity index (χ0v) is 11.3. The van der Waals surface area contributed by atoms with Crippen molar-refractivity contribution in [3.8, 4) is 0 Å². The number of anilines is 1. The maximum atomic E-state index is 5.89. The van der Waals surface area contributed by atoms with Gasteiger partial charge in [0.15, 0.2) is 0 Å². The quantitative estimate of drug-likeness (QED) is 0.826. The van der Waals surface area contributed by atoms with Crippen LogP contribution in [0.15, 0.2) is 56.7 Å². The molecule has 0 unspecified atom stereocenters. The molecule has 0 aromatic heterocycles. The van der Waals surface area contributed by atoms with Crippen LogP contribution in [0.5, 0.6) is 0 Å². The third kappa shape index (κ3) is 2.42. The lowest BCUT2D eigenvalue weighted by molar-refractivity contribution is 1.29. The first-order valence-electron chi connectivity index (χ1n) is 4.96. The Bertz CT molecular complexity index is 511. The molecule has 0 amide bonds. The van der Waals surface area contributed by atoms with E-state index in [0.717, 1.165) is 15.7 Å². The van der Waals surface area contributed by atoms with Crippen LogP contribution in [-0.2, 0) is 0 Å². The molecule has 82 valence electrons. The van der Waals surface area contributed by atoms with E-state index in [0.29, 0.717) is 0 Å². The number of nitrogen functional groups attached to an aromatic ring is 1. The molecule has 0 aliphatic heterocycles. The van der Waals surface area contributed by atoms with Crippen LogP contribution < -0.4 is 5.73 Å². The molecule has 0 fully saturated rings. The SMILES string of the molecule is Cc1c(N)cccc1Sc1ccccc1Br. The maximum absolute atomic E-state index is 5.89. The largest absolute Gasteiger partial charge is 0.398 e. The Kier molecular flexibility index (Phi) is 3.56. The second-order valence-electron chi connectivity index (χ2n) is 3.50. The highest BCUT2D eigenvalue weighted by Gasteiger charge is 2.05. The summed E-state index contributed by atoms with van der Waals surface area (Å²) in [5.74, 6) is 0. The van der Waals surface area contributed by atoms with E-state index >= 15 is 0 Å². The van der Waals surface area contributed by atoms with Gasteiger partial charge in [-0.15, -0.1) is 0 Å². The lowest BCUT2D eigenvalue weighted by Gasteiger charge is -2.08. The molecule has 16 heavy (non-hydrogen) atoms. The summed E-state index contributed by atoms with van der Waals surface area (Å²) in [5.41, 5.74) is 7.87. The smallest absolute Gasteiger partial charge is 0.0355 e. The Hall–Kier alpha value is -0.930. The zero-order valence-electron chi connectivity index (χ0n) is 8.91. The van der Waals surface area contributed by atoms with Crippen molar-refractivity contribution in [3.63, 3.8) is 0 Å². The molecule has 0 spiro atoms. The molecule has 0 aliphatic carbocycles. The third-order valence-electron chi connectivity index (χ3n) is 2.38. The predicted octanol–water partition coefficient (Wildman–Crippen LogP) is 4.49. The molecule has 0 atom stereocenters. The summed E-state index contributed by atoms with van der Waals surface area (Å²) in [6, 6.07) is 14.2. The van der Waals surface area contributed by atoms with Crippen molar-refractivity contribution in [1.29, 1.82) is 0 Å². The first kappa shape index (κ1) is 11.6. The molecule has 0 saturated carbocycles. The summed E-state index contributed by atoms with van der Waals surface area (Å²) < 4.78 is 1.11. The third-order valence-corrected chi connectivity index (χ3v) is 4.57. The van der Waals surface area contributed by atoms with Crippen LogP contribution in [0.2, 0.25) is 0 Å². The standard InChI is InChI=1S/C13H12BrNS/c1-9-11(15)6-4-8-12(9)16-13-7-3-2-5-10(13)14/h2-8H,15H2,1H3. The summed E-state index contributed by atoms with van der Waals surface area (Å²) in [6.07, 6.45) is 0. The Morgan fingerprint density at radius 2 is 1.69 bits per heavy atom. The van der Waals surface area contributed by atoms with Gasteiger partial charge in [-0.25, -0.2) is 0 Å². The van der Waals surface area contributed by atoms with Crippen molar-refractivity contribution in [1.82, 2.24) is 0 Å². The van der Waals surface area contributed by atoms with Gasteiger partial charge >= 0.3 is 0 Å². The molecule has 2 aromatic rings. The Labute approximate surface area is 108 Å². The van der Waals surface area contributed by atoms with Gasteiger partial charge in [0.25, 0.3) is 0 Å². The van der Waals surface area contributed by atoms with E-state index in [1.165, 1.54) is 9.79 Å². The average molecular weight is 294 g/mol. The minimum atomic E-state index is 0.844. The minimum absolute atomic E-state index is 0.844. The van der Waals surface area contributed by atoms with Gasteiger partial charge in [-0.05, 0) is 52.7 Å². The fourth-order valence-electron chi connectivity index (χ4n) is 1.39. The van der Waals surface area contributed by atoms with Crippen LogP contribution in [0, 0.1) is 6.92 Å². The summed E-state index contributed by atoms with van der Waals surface area (Å²) in [6.45, 7) is 2.05. The van der Waals surface area contributed by atoms with Crippen LogP contribution in [0.4, 0.5) is 5.69 Å². The van der Waals surface area contributed by atoms with Crippen LogP contribution in [-0.4, -0.2) is 0 Å². The summed E-state index contributed by atoms with van der Waals surface area (Å²) >= 11 is 5.27. The van der Waals surface area contributed by atoms with Crippen molar-refractivity contribution >= 4 is 33.4 Å². The van der Waals surface area contributed by atoms with Gasteiger partial charge in [-0.1, -0.05) is 30.0 Å². The van der Waals surface area contributed by atoms with Gasteiger partial charge < -0.3 is 5.73 Å². The zero-order chi connectivity index (χ0) is 11.5. The van der Waals surface area contributed by atoms with E-state index in [2.05, 4.69) is 35.0 Å². The Morgan fingerprint density at radius 1 is 1.00 bits per heavy atom. The molecule has 2 rings (SSSR count). The lowest BCUT2D eigenvalue weighted by Crippen LogP contribution is -1.90. The second kappa shape index (κ2) is 4.93. The molecule has 0 saturated heterocycles. The fraction of sp³-hybridized carbons (Fsp3) is 0.0769. The van der Waals surface area contributed by atoms with E-state index < -0.39 is 0 Å². The van der Waals surface area contributed by atoms with Crippen molar-refractivity contribution < 1.29 is 0 Å². The number of hydrogen-bond donors (Lipinski definition) is 1. The molecule has 2 aromatic carbocycles. The first-order chi connectivity index (χ1) is 7.68. The van der Waals surface area contributed by atoms with Crippen molar-refractivity contribution in [3.05, 3.63) is 52.5 Å². The fourth-order valence-corrected chi connectivity index (χ4v) is 2.88. The number of benzene rings is 2. The molecular weight excluding hydrogens is 282 g/mol. The van der Waals surface area contributed by atoms with E-state index in [4.69, 9.17) is 5.73 Å². The molecule has 0 radical (unpaired) electrons. The van der Waals surface area contributed by atoms with Gasteiger partial charge in [0.05, 0.1) is 0 Å². The molecule has 1 nitrogen and oxygen atoms in total.